The molecule has 1 fully saturated rings. The molecule has 29 heavy (non-hydrogen) atoms. The van der Waals surface area contributed by atoms with Gasteiger partial charge >= 0.3 is 5.97 Å². The second-order valence-corrected chi connectivity index (χ2v) is 7.51. The summed E-state index contributed by atoms with van der Waals surface area (Å²) in [5.41, 5.74) is 3.41. The molecular weight excluding hydrogens is 388 g/mol. The SMILES string of the molecule is Cc1ccc(N2CCN(C[C@H](O)COc3ccc4c(c3)OC(=O)C4)CC2)cc1.S. The molecule has 0 amide bonds. The van der Waals surface area contributed by atoms with Crippen molar-refractivity contribution in [1.29, 1.82) is 0 Å². The highest BCUT2D eigenvalue weighted by Crippen LogP contribution is 2.30. The maximum Gasteiger partial charge on any atom is 0.315 e. The minimum absolute atomic E-state index is 0. The zero-order chi connectivity index (χ0) is 19.5. The van der Waals surface area contributed by atoms with Crippen LogP contribution in [0.25, 0.3) is 0 Å². The Kier molecular flexibility index (Phi) is 7.05. The van der Waals surface area contributed by atoms with Gasteiger partial charge in [0.1, 0.15) is 24.2 Å². The fraction of sp³-hybridized carbons (Fsp3) is 0.409. The summed E-state index contributed by atoms with van der Waals surface area (Å²) in [6.07, 6.45) is -0.256. The van der Waals surface area contributed by atoms with Gasteiger partial charge in [-0.2, -0.15) is 13.5 Å². The van der Waals surface area contributed by atoms with Crippen LogP contribution in [0, 0.1) is 6.92 Å². The first kappa shape index (κ1) is 21.5. The van der Waals surface area contributed by atoms with Gasteiger partial charge in [0.15, 0.2) is 0 Å². The van der Waals surface area contributed by atoms with Crippen molar-refractivity contribution in [3.63, 3.8) is 0 Å². The number of nitrogens with zero attached hydrogens (tertiary/aromatic N) is 2. The lowest BCUT2D eigenvalue weighted by molar-refractivity contribution is -0.131. The molecule has 2 aromatic carbocycles. The zero-order valence-electron chi connectivity index (χ0n) is 16.6. The van der Waals surface area contributed by atoms with Crippen LogP contribution in [0.4, 0.5) is 5.69 Å². The number of aliphatic hydroxyl groups excluding tert-OH is 1. The van der Waals surface area contributed by atoms with Crippen LogP contribution in [-0.4, -0.2) is 61.4 Å². The Labute approximate surface area is 178 Å². The van der Waals surface area contributed by atoms with Gasteiger partial charge in [-0.25, -0.2) is 0 Å². The van der Waals surface area contributed by atoms with Crippen molar-refractivity contribution in [2.75, 3.05) is 44.2 Å². The number of hydrogen-bond donors (Lipinski definition) is 1. The number of esters is 1. The molecule has 0 bridgehead atoms. The summed E-state index contributed by atoms with van der Waals surface area (Å²) in [4.78, 5) is 16.0. The van der Waals surface area contributed by atoms with Crippen LogP contribution in [0.5, 0.6) is 11.5 Å². The quantitative estimate of drug-likeness (QED) is 0.575. The van der Waals surface area contributed by atoms with Gasteiger partial charge in [0.05, 0.1) is 6.42 Å². The predicted molar refractivity (Wildman–Crippen MR) is 117 cm³/mol. The number of aryl methyl sites for hydroxylation is 1. The summed E-state index contributed by atoms with van der Waals surface area (Å²) in [5.74, 6) is 0.929. The van der Waals surface area contributed by atoms with Crippen LogP contribution in [0.1, 0.15) is 11.1 Å². The third kappa shape index (κ3) is 5.44. The number of β-amino-alcohol motifs (C(OH)–C–C–N with tert-alkyl or cyclic N) is 1. The van der Waals surface area contributed by atoms with Crippen molar-refractivity contribution >= 4 is 25.2 Å². The highest BCUT2D eigenvalue weighted by Gasteiger charge is 2.22. The van der Waals surface area contributed by atoms with Crippen LogP contribution >= 0.6 is 13.5 Å². The molecule has 0 spiro atoms. The van der Waals surface area contributed by atoms with Crippen LogP contribution in [0.15, 0.2) is 42.5 Å². The smallest absolute Gasteiger partial charge is 0.315 e. The number of piperazine rings is 1. The Bertz CT molecular complexity index is 835. The maximum absolute atomic E-state index is 11.3. The lowest BCUT2D eigenvalue weighted by atomic mass is 10.1. The highest BCUT2D eigenvalue weighted by molar-refractivity contribution is 7.59. The first-order valence-electron chi connectivity index (χ1n) is 9.75. The number of hydrogen-bond acceptors (Lipinski definition) is 6. The zero-order valence-corrected chi connectivity index (χ0v) is 17.6. The van der Waals surface area contributed by atoms with E-state index in [2.05, 4.69) is 41.0 Å². The van der Waals surface area contributed by atoms with Crippen LogP contribution in [-0.2, 0) is 11.2 Å². The third-order valence-electron chi connectivity index (χ3n) is 5.28. The standard InChI is InChI=1S/C22H26N2O4.H2S/c1-16-2-5-18(6-3-16)24-10-8-23(9-11-24)14-19(25)15-27-20-7-4-17-12-22(26)28-21(17)13-20;/h2-7,13,19,25H,8-12,14-15H2,1H3;1H2/t19-;/m0./s1. The van der Waals surface area contributed by atoms with Crippen molar-refractivity contribution < 1.29 is 19.4 Å². The Morgan fingerprint density at radius 1 is 1.10 bits per heavy atom. The lowest BCUT2D eigenvalue weighted by Crippen LogP contribution is -2.49. The van der Waals surface area contributed by atoms with E-state index in [4.69, 9.17) is 9.47 Å². The second-order valence-electron chi connectivity index (χ2n) is 7.51. The molecule has 2 aliphatic rings. The summed E-state index contributed by atoms with van der Waals surface area (Å²) in [6, 6.07) is 14.0. The first-order valence-corrected chi connectivity index (χ1v) is 9.75. The maximum atomic E-state index is 11.3. The van der Waals surface area contributed by atoms with E-state index in [1.165, 1.54) is 11.3 Å². The molecule has 4 rings (SSSR count). The van der Waals surface area contributed by atoms with Gasteiger partial charge in [-0.3, -0.25) is 9.69 Å². The predicted octanol–water partition coefficient (Wildman–Crippen LogP) is 2.13. The Morgan fingerprint density at radius 2 is 1.83 bits per heavy atom. The molecule has 1 N–H and O–H groups in total. The minimum Gasteiger partial charge on any atom is -0.491 e. The number of aliphatic hydroxyl groups is 1. The second kappa shape index (κ2) is 9.52. The summed E-state index contributed by atoms with van der Waals surface area (Å²) >= 11 is 0. The van der Waals surface area contributed by atoms with Crippen LogP contribution in [0.3, 0.4) is 0 Å². The number of rotatable bonds is 6. The number of fused-ring (bicyclic) bond motifs is 1. The largest absolute Gasteiger partial charge is 0.491 e. The van der Waals surface area contributed by atoms with E-state index in [1.54, 1.807) is 6.07 Å². The molecule has 2 heterocycles. The summed E-state index contributed by atoms with van der Waals surface area (Å²) in [6.45, 7) is 6.63. The van der Waals surface area contributed by atoms with Crippen LogP contribution < -0.4 is 14.4 Å². The molecule has 6 nitrogen and oxygen atoms in total. The molecule has 0 saturated carbocycles. The normalized spacial score (nSPS) is 17.3. The van der Waals surface area contributed by atoms with E-state index in [-0.39, 0.29) is 26.1 Å². The van der Waals surface area contributed by atoms with E-state index >= 15 is 0 Å². The number of anilines is 1. The molecule has 1 atom stereocenters. The van der Waals surface area contributed by atoms with E-state index in [9.17, 15) is 9.90 Å². The first-order chi connectivity index (χ1) is 13.6. The summed E-state index contributed by atoms with van der Waals surface area (Å²) in [5, 5.41) is 10.3. The average Bonchev–Trinajstić information content (AvgIpc) is 3.07. The van der Waals surface area contributed by atoms with E-state index in [0.29, 0.717) is 24.5 Å². The Hall–Kier alpha value is -2.22. The van der Waals surface area contributed by atoms with Gasteiger partial charge in [-0.15, -0.1) is 0 Å². The van der Waals surface area contributed by atoms with Crippen molar-refractivity contribution in [3.8, 4) is 11.5 Å². The molecule has 0 aliphatic carbocycles. The number of benzene rings is 2. The molecular formula is C22H28N2O4S. The van der Waals surface area contributed by atoms with Crippen molar-refractivity contribution in [3.05, 3.63) is 53.6 Å². The molecule has 0 aromatic heterocycles. The van der Waals surface area contributed by atoms with Gasteiger partial charge < -0.3 is 19.5 Å². The molecule has 1 saturated heterocycles. The Balaban J connectivity index is 0.00000240. The van der Waals surface area contributed by atoms with Crippen molar-refractivity contribution in [1.82, 2.24) is 4.90 Å². The van der Waals surface area contributed by atoms with Crippen molar-refractivity contribution in [2.24, 2.45) is 0 Å². The fourth-order valence-electron chi connectivity index (χ4n) is 3.67. The molecule has 2 aliphatic heterocycles. The highest BCUT2D eigenvalue weighted by atomic mass is 32.1. The Morgan fingerprint density at radius 3 is 2.55 bits per heavy atom. The topological polar surface area (TPSA) is 62.2 Å². The van der Waals surface area contributed by atoms with Gasteiger partial charge in [0, 0.05) is 50.0 Å². The molecule has 0 radical (unpaired) electrons. The third-order valence-corrected chi connectivity index (χ3v) is 5.28. The molecule has 0 unspecified atom stereocenters. The summed E-state index contributed by atoms with van der Waals surface area (Å²) in [7, 11) is 0. The lowest BCUT2D eigenvalue weighted by Gasteiger charge is -2.36. The van der Waals surface area contributed by atoms with Gasteiger partial charge in [0.25, 0.3) is 0 Å². The fourth-order valence-corrected chi connectivity index (χ4v) is 3.67. The molecule has 2 aromatic rings. The molecule has 7 heteroatoms. The summed E-state index contributed by atoms with van der Waals surface area (Å²) < 4.78 is 10.8. The van der Waals surface area contributed by atoms with Gasteiger partial charge in [0.2, 0.25) is 0 Å². The number of carbonyl (C=O) groups is 1. The van der Waals surface area contributed by atoms with E-state index < -0.39 is 6.10 Å². The van der Waals surface area contributed by atoms with Crippen LogP contribution in [0.2, 0.25) is 0 Å². The van der Waals surface area contributed by atoms with E-state index in [1.807, 2.05) is 12.1 Å². The minimum atomic E-state index is -0.568. The average molecular weight is 417 g/mol. The van der Waals surface area contributed by atoms with Crippen molar-refractivity contribution in [2.45, 2.75) is 19.4 Å². The molecule has 156 valence electrons. The number of carbonyl (C=O) groups excluding carboxylic acids is 1. The monoisotopic (exact) mass is 416 g/mol. The van der Waals surface area contributed by atoms with Gasteiger partial charge in [-0.05, 0) is 25.1 Å². The van der Waals surface area contributed by atoms with E-state index in [0.717, 1.165) is 31.7 Å². The number of ether oxygens (including phenoxy) is 2. The van der Waals surface area contributed by atoms with Gasteiger partial charge in [-0.1, -0.05) is 23.8 Å².